The fourth-order valence-electron chi connectivity index (χ4n) is 1.28. The second-order valence-electron chi connectivity index (χ2n) is 3.48. The van der Waals surface area contributed by atoms with E-state index < -0.39 is 39.1 Å². The van der Waals surface area contributed by atoms with Gasteiger partial charge in [-0.05, 0) is 6.07 Å². The van der Waals surface area contributed by atoms with Crippen LogP contribution in [0, 0.1) is 25.6 Å². The summed E-state index contributed by atoms with van der Waals surface area (Å²) in [6.45, 7) is 0. The average Bonchev–Trinajstić information content (AvgIpc) is 2.33. The molecular weight excluding hydrogens is 303 g/mol. The Balaban J connectivity index is 3.45. The lowest BCUT2D eigenvalue weighted by Gasteiger charge is -2.19. The van der Waals surface area contributed by atoms with E-state index in [-0.39, 0.29) is 11.1 Å². The summed E-state index contributed by atoms with van der Waals surface area (Å²) in [7, 11) is 0. The normalized spacial score (nSPS) is 10.8. The molecular formula is C8H6F3N5O5. The highest BCUT2D eigenvalue weighted by Gasteiger charge is 2.34. The van der Waals surface area contributed by atoms with Crippen LogP contribution in [0.15, 0.2) is 18.2 Å². The van der Waals surface area contributed by atoms with Gasteiger partial charge in [0.1, 0.15) is 0 Å². The smallest absolute Gasteiger partial charge is 0.368 e. The van der Waals surface area contributed by atoms with Crippen molar-refractivity contribution in [2.24, 2.45) is 5.73 Å². The van der Waals surface area contributed by atoms with Crippen molar-refractivity contribution in [1.82, 2.24) is 0 Å². The van der Waals surface area contributed by atoms with Crippen LogP contribution in [-0.2, 0) is 11.1 Å². The summed E-state index contributed by atoms with van der Waals surface area (Å²) in [6.07, 6.45) is -4.95. The Morgan fingerprint density at radius 1 is 1.29 bits per heavy atom. The van der Waals surface area contributed by atoms with Crippen molar-refractivity contribution in [3.8, 4) is 0 Å². The van der Waals surface area contributed by atoms with Gasteiger partial charge in [0.15, 0.2) is 0 Å². The first-order valence-corrected chi connectivity index (χ1v) is 4.85. The summed E-state index contributed by atoms with van der Waals surface area (Å²) in [5.41, 5.74) is 1.68. The minimum Gasteiger partial charge on any atom is -0.368 e. The Bertz CT molecular complexity index is 604. The number of alkyl halides is 3. The number of anilines is 1. The quantitative estimate of drug-likeness (QED) is 0.370. The van der Waals surface area contributed by atoms with Crippen molar-refractivity contribution in [2.45, 2.75) is 6.18 Å². The van der Waals surface area contributed by atoms with Gasteiger partial charge in [0.05, 0.1) is 16.2 Å². The molecule has 1 aromatic carbocycles. The molecule has 0 heterocycles. The number of nitrogens with one attached hydrogen (secondary N) is 1. The third-order valence-electron chi connectivity index (χ3n) is 2.04. The molecule has 0 saturated carbocycles. The lowest BCUT2D eigenvalue weighted by atomic mass is 10.1. The summed E-state index contributed by atoms with van der Waals surface area (Å²) in [5.74, 6) is -1.14. The maximum atomic E-state index is 12.6. The molecule has 0 aromatic heterocycles. The van der Waals surface area contributed by atoms with Crippen LogP contribution in [0.1, 0.15) is 5.56 Å². The summed E-state index contributed by atoms with van der Waals surface area (Å²) in [5, 5.41) is 26.3. The van der Waals surface area contributed by atoms with Crippen molar-refractivity contribution in [2.75, 3.05) is 5.06 Å². The van der Waals surface area contributed by atoms with Gasteiger partial charge in [-0.1, -0.05) is 0 Å². The van der Waals surface area contributed by atoms with Crippen molar-refractivity contribution < 1.29 is 28.1 Å². The maximum Gasteiger partial charge on any atom is 0.416 e. The van der Waals surface area contributed by atoms with Gasteiger partial charge >= 0.3 is 11.3 Å². The lowest BCUT2D eigenvalue weighted by molar-refractivity contribution is -0.758. The molecule has 0 aliphatic heterocycles. The van der Waals surface area contributed by atoms with Crippen molar-refractivity contribution in [3.05, 3.63) is 44.0 Å². The van der Waals surface area contributed by atoms with Crippen LogP contribution in [0.3, 0.4) is 0 Å². The summed E-state index contributed by atoms with van der Waals surface area (Å²) in [4.78, 5) is 23.5. The molecule has 0 aliphatic rings. The van der Waals surface area contributed by atoms with Gasteiger partial charge in [-0.25, -0.2) is 0 Å². The molecule has 0 radical (unpaired) electrons. The number of rotatable bonds is 4. The zero-order chi connectivity index (χ0) is 16.4. The number of hydrogen-bond acceptors (Lipinski definition) is 6. The van der Waals surface area contributed by atoms with E-state index in [1.807, 2.05) is 0 Å². The highest BCUT2D eigenvalue weighted by Crippen LogP contribution is 2.35. The number of guanidine groups is 1. The molecule has 0 saturated heterocycles. The minimum atomic E-state index is -4.95. The first-order valence-electron chi connectivity index (χ1n) is 4.85. The Morgan fingerprint density at radius 2 is 1.86 bits per heavy atom. The number of non-ortho nitro benzene ring substituents is 1. The van der Waals surface area contributed by atoms with Crippen LogP contribution >= 0.6 is 0 Å². The fourth-order valence-corrected chi connectivity index (χ4v) is 1.28. The molecule has 13 heteroatoms. The molecule has 0 amide bonds. The molecule has 10 nitrogen and oxygen atoms in total. The second-order valence-corrected chi connectivity index (χ2v) is 3.48. The number of nitrogens with zero attached hydrogens (tertiary/aromatic N) is 3. The third kappa shape index (κ3) is 3.92. The predicted molar refractivity (Wildman–Crippen MR) is 60.6 cm³/mol. The lowest BCUT2D eigenvalue weighted by Crippen LogP contribution is -2.38. The van der Waals surface area contributed by atoms with E-state index in [1.54, 1.807) is 0 Å². The molecule has 0 bridgehead atoms. The summed E-state index contributed by atoms with van der Waals surface area (Å²) in [6, 6.07) is 1.09. The van der Waals surface area contributed by atoms with Crippen molar-refractivity contribution >= 4 is 17.3 Å². The topological polar surface area (TPSA) is 149 Å². The van der Waals surface area contributed by atoms with Crippen LogP contribution in [0.25, 0.3) is 0 Å². The van der Waals surface area contributed by atoms with Crippen molar-refractivity contribution in [3.63, 3.8) is 0 Å². The molecule has 0 unspecified atom stereocenters. The number of benzene rings is 1. The van der Waals surface area contributed by atoms with Crippen molar-refractivity contribution in [1.29, 1.82) is 5.41 Å². The van der Waals surface area contributed by atoms with Gasteiger partial charge < -0.3 is 5.73 Å². The number of nitrogens with two attached hydrogens (primary N) is 1. The molecule has 1 rings (SSSR count). The Labute approximate surface area is 113 Å². The van der Waals surface area contributed by atoms with Crippen LogP contribution < -0.4 is 10.8 Å². The van der Waals surface area contributed by atoms with Gasteiger partial charge in [-0.15, -0.1) is 15.2 Å². The SMILES string of the molecule is N=C(N)N(O[N+](=O)[O-])c1cc([N+](=O)[O-])cc(C(F)(F)F)c1. The van der Waals surface area contributed by atoms with E-state index in [2.05, 4.69) is 4.94 Å². The molecule has 3 N–H and O–H groups in total. The Hall–Kier alpha value is -3.12. The first-order chi connectivity index (χ1) is 9.52. The predicted octanol–water partition coefficient (Wildman–Crippen LogP) is 1.44. The standard InChI is InChI=1S/C8H6F3N5O5/c9-8(10,11)4-1-5(3-6(2-4)15(17)18)14(7(12)13)21-16(19)20/h1-3H,(H3,12,13). The minimum absolute atomic E-state index is 0.0950. The molecule has 0 atom stereocenters. The Morgan fingerprint density at radius 3 is 2.24 bits per heavy atom. The van der Waals surface area contributed by atoms with Gasteiger partial charge in [0.2, 0.25) is 5.96 Å². The molecule has 1 aromatic rings. The molecule has 0 fully saturated rings. The molecule has 114 valence electrons. The second kappa shape index (κ2) is 5.48. The largest absolute Gasteiger partial charge is 0.416 e. The van der Waals surface area contributed by atoms with Gasteiger partial charge in [0, 0.05) is 12.1 Å². The van der Waals surface area contributed by atoms with Crippen LogP contribution in [-0.4, -0.2) is 16.0 Å². The first kappa shape index (κ1) is 15.9. The van der Waals surface area contributed by atoms with Crippen LogP contribution in [0.2, 0.25) is 0 Å². The van der Waals surface area contributed by atoms with Gasteiger partial charge in [0.25, 0.3) is 5.69 Å². The highest BCUT2D eigenvalue weighted by molar-refractivity contribution is 5.90. The number of nitro benzene ring substituents is 1. The van der Waals surface area contributed by atoms with Gasteiger partial charge in [-0.2, -0.15) is 18.1 Å². The van der Waals surface area contributed by atoms with E-state index in [1.165, 1.54) is 0 Å². The van der Waals surface area contributed by atoms with E-state index in [4.69, 9.17) is 11.1 Å². The van der Waals surface area contributed by atoms with Crippen LogP contribution in [0.4, 0.5) is 24.5 Å². The van der Waals surface area contributed by atoms with E-state index in [0.29, 0.717) is 12.1 Å². The summed E-state index contributed by atoms with van der Waals surface area (Å²) >= 11 is 0. The zero-order valence-corrected chi connectivity index (χ0v) is 9.83. The number of hydroxylamine groups is 1. The molecule has 0 aliphatic carbocycles. The third-order valence-corrected chi connectivity index (χ3v) is 2.04. The number of nitro groups is 1. The summed E-state index contributed by atoms with van der Waals surface area (Å²) < 4.78 is 37.9. The van der Waals surface area contributed by atoms with Gasteiger partial charge in [-0.3, -0.25) is 15.5 Å². The van der Waals surface area contributed by atoms with Crippen LogP contribution in [0.5, 0.6) is 0 Å². The molecule has 21 heavy (non-hydrogen) atoms. The number of halogens is 3. The van der Waals surface area contributed by atoms with E-state index >= 15 is 0 Å². The highest BCUT2D eigenvalue weighted by atomic mass is 19.4. The Kier molecular flexibility index (Phi) is 4.16. The maximum absolute atomic E-state index is 12.6. The number of hydrogen-bond donors (Lipinski definition) is 2. The average molecular weight is 309 g/mol. The monoisotopic (exact) mass is 309 g/mol. The van der Waals surface area contributed by atoms with E-state index in [0.717, 1.165) is 0 Å². The van der Waals surface area contributed by atoms with E-state index in [9.17, 15) is 33.4 Å². The molecule has 0 spiro atoms. The zero-order valence-electron chi connectivity index (χ0n) is 9.83. The fraction of sp³-hybridized carbons (Fsp3) is 0.125.